The highest BCUT2D eigenvalue weighted by Gasteiger charge is 2.33. The molecule has 92 valence electrons. The largest absolute Gasteiger partial charge is 0.395 e. The van der Waals surface area contributed by atoms with Crippen LogP contribution < -0.4 is 5.56 Å². The lowest BCUT2D eigenvalue weighted by Crippen LogP contribution is -2.33. The molecule has 2 bridgehead atoms. The normalized spacial score (nSPS) is 27.8. The molecule has 2 atom stereocenters. The first-order chi connectivity index (χ1) is 8.29. The molecule has 1 saturated heterocycles. The molecule has 3 aliphatic rings. The minimum absolute atomic E-state index is 0.128. The summed E-state index contributed by atoms with van der Waals surface area (Å²) < 4.78 is 1.98. The zero-order chi connectivity index (χ0) is 11.8. The van der Waals surface area contributed by atoms with E-state index in [0.29, 0.717) is 12.0 Å². The molecule has 1 N–H and O–H groups in total. The fourth-order valence-electron chi connectivity index (χ4n) is 3.28. The molecule has 17 heavy (non-hydrogen) atoms. The number of aromatic nitrogens is 1. The Hall–Kier alpha value is -1.13. The standard InChI is InChI=1S/C13H18N2O2/c16-7-6-14-8-10-4-5-11(9-14)15-12(10)2-1-3-13(15)17/h1-3,10-11,16H,4-9H2. The van der Waals surface area contributed by atoms with E-state index in [0.717, 1.165) is 32.5 Å². The monoisotopic (exact) mass is 234 g/mol. The third-order valence-corrected chi connectivity index (χ3v) is 4.02. The minimum Gasteiger partial charge on any atom is -0.395 e. The molecule has 4 nitrogen and oxygen atoms in total. The molecular formula is C13H18N2O2. The van der Waals surface area contributed by atoms with Crippen LogP contribution in [-0.2, 0) is 0 Å². The Kier molecular flexibility index (Phi) is 2.76. The van der Waals surface area contributed by atoms with Crippen LogP contribution in [0.2, 0.25) is 0 Å². The Bertz CT molecular complexity index is 469. The highest BCUT2D eigenvalue weighted by molar-refractivity contribution is 5.18. The van der Waals surface area contributed by atoms with E-state index < -0.39 is 0 Å². The van der Waals surface area contributed by atoms with E-state index in [1.807, 2.05) is 10.6 Å². The summed E-state index contributed by atoms with van der Waals surface area (Å²) in [6.45, 7) is 2.79. The van der Waals surface area contributed by atoms with Gasteiger partial charge in [-0.25, -0.2) is 0 Å². The summed E-state index contributed by atoms with van der Waals surface area (Å²) in [7, 11) is 0. The molecule has 0 spiro atoms. The van der Waals surface area contributed by atoms with Crippen molar-refractivity contribution in [2.75, 3.05) is 26.2 Å². The van der Waals surface area contributed by atoms with Gasteiger partial charge in [0.2, 0.25) is 0 Å². The van der Waals surface area contributed by atoms with Crippen LogP contribution >= 0.6 is 0 Å². The summed E-state index contributed by atoms with van der Waals surface area (Å²) in [5.41, 5.74) is 1.32. The summed E-state index contributed by atoms with van der Waals surface area (Å²) >= 11 is 0. The maximum Gasteiger partial charge on any atom is 0.251 e. The summed E-state index contributed by atoms with van der Waals surface area (Å²) in [6, 6.07) is 5.90. The van der Waals surface area contributed by atoms with Crippen molar-refractivity contribution in [1.82, 2.24) is 9.47 Å². The van der Waals surface area contributed by atoms with Gasteiger partial charge in [0.05, 0.1) is 6.61 Å². The second-order valence-electron chi connectivity index (χ2n) is 5.07. The van der Waals surface area contributed by atoms with Crippen molar-refractivity contribution in [3.05, 3.63) is 34.2 Å². The number of pyridine rings is 1. The Morgan fingerprint density at radius 1 is 1.29 bits per heavy atom. The second-order valence-corrected chi connectivity index (χ2v) is 5.07. The first kappa shape index (κ1) is 11.0. The number of hydrogen-bond donors (Lipinski definition) is 1. The number of fused-ring (bicyclic) bond motifs is 3. The van der Waals surface area contributed by atoms with Crippen LogP contribution in [0, 0.1) is 0 Å². The summed E-state index contributed by atoms with van der Waals surface area (Å²) in [4.78, 5) is 14.3. The smallest absolute Gasteiger partial charge is 0.251 e. The SMILES string of the molecule is O=c1cccc2n1C1CCC2CN(CCO)C1. The lowest BCUT2D eigenvalue weighted by molar-refractivity contribution is 0.189. The summed E-state index contributed by atoms with van der Waals surface area (Å²) in [6.07, 6.45) is 2.25. The molecule has 0 amide bonds. The maximum absolute atomic E-state index is 12.0. The fourth-order valence-corrected chi connectivity index (χ4v) is 3.28. The van der Waals surface area contributed by atoms with E-state index in [4.69, 9.17) is 5.11 Å². The van der Waals surface area contributed by atoms with Crippen molar-refractivity contribution in [3.8, 4) is 0 Å². The number of aliphatic hydroxyl groups excluding tert-OH is 1. The Morgan fingerprint density at radius 2 is 2.18 bits per heavy atom. The second kappa shape index (κ2) is 4.27. The van der Waals surface area contributed by atoms with Gasteiger partial charge in [-0.05, 0) is 18.9 Å². The van der Waals surface area contributed by atoms with Gasteiger partial charge >= 0.3 is 0 Å². The Morgan fingerprint density at radius 3 is 3.00 bits per heavy atom. The van der Waals surface area contributed by atoms with Gasteiger partial charge in [-0.3, -0.25) is 9.69 Å². The topological polar surface area (TPSA) is 45.5 Å². The third-order valence-electron chi connectivity index (χ3n) is 4.02. The van der Waals surface area contributed by atoms with Crippen LogP contribution in [0.5, 0.6) is 0 Å². The van der Waals surface area contributed by atoms with E-state index in [-0.39, 0.29) is 12.2 Å². The molecule has 0 radical (unpaired) electrons. The first-order valence-electron chi connectivity index (χ1n) is 6.34. The third kappa shape index (κ3) is 1.81. The lowest BCUT2D eigenvalue weighted by atomic mass is 9.93. The highest BCUT2D eigenvalue weighted by Crippen LogP contribution is 2.36. The van der Waals surface area contributed by atoms with Gasteiger partial charge in [0, 0.05) is 43.4 Å². The predicted octanol–water partition coefficient (Wildman–Crippen LogP) is 0.575. The number of aliphatic hydroxyl groups is 1. The molecule has 3 aliphatic heterocycles. The zero-order valence-corrected chi connectivity index (χ0v) is 9.88. The van der Waals surface area contributed by atoms with Crippen molar-refractivity contribution in [2.24, 2.45) is 0 Å². The van der Waals surface area contributed by atoms with Crippen molar-refractivity contribution in [1.29, 1.82) is 0 Å². The van der Waals surface area contributed by atoms with Crippen LogP contribution in [0.15, 0.2) is 23.0 Å². The molecule has 0 aromatic carbocycles. The Balaban J connectivity index is 2.02. The van der Waals surface area contributed by atoms with Gasteiger partial charge in [0.1, 0.15) is 0 Å². The van der Waals surface area contributed by atoms with Crippen LogP contribution in [-0.4, -0.2) is 40.8 Å². The van der Waals surface area contributed by atoms with Gasteiger partial charge in [-0.1, -0.05) is 6.07 Å². The Labute approximate surface area is 100 Å². The number of nitrogens with zero attached hydrogens (tertiary/aromatic N) is 2. The molecular weight excluding hydrogens is 216 g/mol. The first-order valence-corrected chi connectivity index (χ1v) is 6.34. The molecule has 4 rings (SSSR count). The highest BCUT2D eigenvalue weighted by atomic mass is 16.3. The van der Waals surface area contributed by atoms with Gasteiger partial charge in [0.15, 0.2) is 0 Å². The van der Waals surface area contributed by atoms with Gasteiger partial charge < -0.3 is 9.67 Å². The van der Waals surface area contributed by atoms with E-state index in [1.54, 1.807) is 6.07 Å². The van der Waals surface area contributed by atoms with Crippen LogP contribution in [0.25, 0.3) is 0 Å². The quantitative estimate of drug-likeness (QED) is 0.814. The molecule has 2 unspecified atom stereocenters. The van der Waals surface area contributed by atoms with Crippen molar-refractivity contribution in [3.63, 3.8) is 0 Å². The summed E-state index contributed by atoms with van der Waals surface area (Å²) in [5, 5.41) is 9.06. The minimum atomic E-state index is 0.128. The zero-order valence-electron chi connectivity index (χ0n) is 9.88. The molecule has 0 aliphatic carbocycles. The van der Waals surface area contributed by atoms with E-state index in [1.165, 1.54) is 5.69 Å². The maximum atomic E-state index is 12.0. The van der Waals surface area contributed by atoms with E-state index in [9.17, 15) is 4.79 Å². The molecule has 1 fully saturated rings. The van der Waals surface area contributed by atoms with E-state index >= 15 is 0 Å². The van der Waals surface area contributed by atoms with Crippen LogP contribution in [0.4, 0.5) is 0 Å². The molecule has 1 aromatic rings. The number of hydrogen-bond acceptors (Lipinski definition) is 3. The van der Waals surface area contributed by atoms with E-state index in [2.05, 4.69) is 11.0 Å². The lowest BCUT2D eigenvalue weighted by Gasteiger charge is -2.28. The summed E-state index contributed by atoms with van der Waals surface area (Å²) in [5.74, 6) is 0.453. The number of rotatable bonds is 2. The predicted molar refractivity (Wildman–Crippen MR) is 65.2 cm³/mol. The average molecular weight is 234 g/mol. The van der Waals surface area contributed by atoms with Crippen molar-refractivity contribution in [2.45, 2.75) is 24.8 Å². The van der Waals surface area contributed by atoms with Gasteiger partial charge in [-0.15, -0.1) is 0 Å². The average Bonchev–Trinajstić information content (AvgIpc) is 2.60. The van der Waals surface area contributed by atoms with Crippen molar-refractivity contribution >= 4 is 0 Å². The molecule has 0 saturated carbocycles. The van der Waals surface area contributed by atoms with Crippen LogP contribution in [0.1, 0.15) is 30.5 Å². The van der Waals surface area contributed by atoms with Crippen molar-refractivity contribution < 1.29 is 5.11 Å². The van der Waals surface area contributed by atoms with Gasteiger partial charge in [0.25, 0.3) is 5.56 Å². The van der Waals surface area contributed by atoms with Crippen LogP contribution in [0.3, 0.4) is 0 Å². The molecule has 4 heterocycles. The molecule has 1 aromatic heterocycles. The fraction of sp³-hybridized carbons (Fsp3) is 0.615. The van der Waals surface area contributed by atoms with Gasteiger partial charge in [-0.2, -0.15) is 0 Å². The molecule has 4 heteroatoms.